The summed E-state index contributed by atoms with van der Waals surface area (Å²) in [4.78, 5) is 16.2. The summed E-state index contributed by atoms with van der Waals surface area (Å²) in [6.45, 7) is 0.978. The van der Waals surface area contributed by atoms with E-state index in [9.17, 15) is 9.90 Å². The monoisotopic (exact) mass is 224 g/mol. The maximum Gasteiger partial charge on any atom is 0.306 e. The van der Waals surface area contributed by atoms with Gasteiger partial charge in [-0.25, -0.2) is 0 Å². The molecule has 5 heteroatoms. The van der Waals surface area contributed by atoms with Crippen LogP contribution in [0, 0.1) is 0 Å². The third-order valence-corrected chi connectivity index (χ3v) is 2.11. The molecular formula is C11H16N2O3. The van der Waals surface area contributed by atoms with Crippen LogP contribution in [-0.2, 0) is 11.3 Å². The van der Waals surface area contributed by atoms with Gasteiger partial charge in [-0.2, -0.15) is 0 Å². The molecule has 0 amide bonds. The second-order valence-electron chi connectivity index (χ2n) is 3.81. The highest BCUT2D eigenvalue weighted by Gasteiger charge is 2.12. The topological polar surface area (TPSA) is 73.7 Å². The number of carboxylic acid groups (broad SMARTS) is 1. The number of aliphatic carboxylic acids is 1. The molecule has 2 N–H and O–H groups in total. The summed E-state index contributed by atoms with van der Waals surface area (Å²) in [6.07, 6.45) is 2.39. The van der Waals surface area contributed by atoms with Crippen molar-refractivity contribution in [2.75, 3.05) is 13.6 Å². The molecule has 1 atom stereocenters. The Labute approximate surface area is 94.4 Å². The van der Waals surface area contributed by atoms with Gasteiger partial charge in [0.25, 0.3) is 0 Å². The van der Waals surface area contributed by atoms with Crippen LogP contribution in [0.25, 0.3) is 0 Å². The van der Waals surface area contributed by atoms with Gasteiger partial charge in [-0.05, 0) is 18.7 Å². The smallest absolute Gasteiger partial charge is 0.306 e. The molecule has 5 nitrogen and oxygen atoms in total. The van der Waals surface area contributed by atoms with Crippen LogP contribution in [0.3, 0.4) is 0 Å². The van der Waals surface area contributed by atoms with E-state index in [1.807, 2.05) is 24.1 Å². The number of aromatic nitrogens is 1. The molecule has 0 aliphatic rings. The van der Waals surface area contributed by atoms with E-state index in [0.717, 1.165) is 5.56 Å². The Morgan fingerprint density at radius 3 is 2.94 bits per heavy atom. The van der Waals surface area contributed by atoms with Crippen LogP contribution in [-0.4, -0.2) is 45.8 Å². The van der Waals surface area contributed by atoms with Gasteiger partial charge in [-0.15, -0.1) is 0 Å². The van der Waals surface area contributed by atoms with E-state index in [1.165, 1.54) is 0 Å². The molecule has 0 saturated carbocycles. The van der Waals surface area contributed by atoms with Crippen LogP contribution in [0.5, 0.6) is 0 Å². The first-order valence-electron chi connectivity index (χ1n) is 5.05. The predicted molar refractivity (Wildman–Crippen MR) is 58.8 cm³/mol. The van der Waals surface area contributed by atoms with E-state index in [2.05, 4.69) is 4.98 Å². The normalized spacial score (nSPS) is 12.7. The van der Waals surface area contributed by atoms with Crippen molar-refractivity contribution in [1.29, 1.82) is 0 Å². The lowest BCUT2D eigenvalue weighted by atomic mass is 10.2. The fraction of sp³-hybridized carbons (Fsp3) is 0.455. The first kappa shape index (κ1) is 12.6. The zero-order chi connectivity index (χ0) is 12.0. The van der Waals surface area contributed by atoms with Crippen molar-refractivity contribution in [3.8, 4) is 0 Å². The number of hydrogen-bond acceptors (Lipinski definition) is 4. The van der Waals surface area contributed by atoms with E-state index in [1.54, 1.807) is 12.4 Å². The van der Waals surface area contributed by atoms with Crippen LogP contribution in [0.1, 0.15) is 12.0 Å². The summed E-state index contributed by atoms with van der Waals surface area (Å²) in [5, 5.41) is 17.9. The van der Waals surface area contributed by atoms with Gasteiger partial charge in [0.15, 0.2) is 0 Å². The molecule has 1 aromatic rings. The maximum atomic E-state index is 10.4. The van der Waals surface area contributed by atoms with Gasteiger partial charge in [-0.3, -0.25) is 14.7 Å². The average molecular weight is 224 g/mol. The number of hydrogen-bond donors (Lipinski definition) is 2. The zero-order valence-corrected chi connectivity index (χ0v) is 9.21. The summed E-state index contributed by atoms with van der Waals surface area (Å²) >= 11 is 0. The van der Waals surface area contributed by atoms with Crippen LogP contribution in [0.4, 0.5) is 0 Å². The minimum atomic E-state index is -0.984. The lowest BCUT2D eigenvalue weighted by molar-refractivity contribution is -0.139. The second kappa shape index (κ2) is 6.19. The first-order valence-corrected chi connectivity index (χ1v) is 5.05. The third-order valence-electron chi connectivity index (χ3n) is 2.11. The Morgan fingerprint density at radius 2 is 2.38 bits per heavy atom. The van der Waals surface area contributed by atoms with Gasteiger partial charge in [0.05, 0.1) is 12.5 Å². The van der Waals surface area contributed by atoms with Crippen molar-refractivity contribution in [2.24, 2.45) is 0 Å². The van der Waals surface area contributed by atoms with Crippen LogP contribution >= 0.6 is 0 Å². The van der Waals surface area contributed by atoms with Gasteiger partial charge < -0.3 is 10.2 Å². The highest BCUT2D eigenvalue weighted by atomic mass is 16.4. The molecule has 0 aliphatic heterocycles. The molecule has 88 valence electrons. The molecule has 0 fully saturated rings. The molecule has 1 aromatic heterocycles. The second-order valence-corrected chi connectivity index (χ2v) is 3.81. The molecule has 0 aliphatic carbocycles. The van der Waals surface area contributed by atoms with E-state index in [4.69, 9.17) is 5.11 Å². The number of pyridine rings is 1. The minimum Gasteiger partial charge on any atom is -0.481 e. The summed E-state index contributed by atoms with van der Waals surface area (Å²) in [7, 11) is 1.83. The summed E-state index contributed by atoms with van der Waals surface area (Å²) < 4.78 is 0. The molecular weight excluding hydrogens is 208 g/mol. The van der Waals surface area contributed by atoms with Crippen molar-refractivity contribution in [3.05, 3.63) is 30.1 Å². The number of aliphatic hydroxyl groups excluding tert-OH is 1. The number of carboxylic acids is 1. The van der Waals surface area contributed by atoms with Gasteiger partial charge in [0.1, 0.15) is 0 Å². The quantitative estimate of drug-likeness (QED) is 0.729. The Kier molecular flexibility index (Phi) is 4.88. The molecule has 0 bridgehead atoms. The fourth-order valence-electron chi connectivity index (χ4n) is 1.49. The Morgan fingerprint density at radius 1 is 1.62 bits per heavy atom. The Hall–Kier alpha value is -1.46. The number of aliphatic hydroxyl groups is 1. The summed E-state index contributed by atoms with van der Waals surface area (Å²) in [6, 6.07) is 3.78. The molecule has 0 spiro atoms. The van der Waals surface area contributed by atoms with Crippen LogP contribution in [0.15, 0.2) is 24.5 Å². The van der Waals surface area contributed by atoms with Crippen molar-refractivity contribution in [1.82, 2.24) is 9.88 Å². The predicted octanol–water partition coefficient (Wildman–Crippen LogP) is 0.349. The zero-order valence-electron chi connectivity index (χ0n) is 9.21. The van der Waals surface area contributed by atoms with E-state index < -0.39 is 12.1 Å². The Bertz CT molecular complexity index is 329. The highest BCUT2D eigenvalue weighted by molar-refractivity contribution is 5.67. The number of rotatable bonds is 6. The molecule has 1 heterocycles. The number of likely N-dealkylation sites (N-methyl/N-ethyl adjacent to an activating group) is 1. The largest absolute Gasteiger partial charge is 0.481 e. The summed E-state index contributed by atoms with van der Waals surface area (Å²) in [5.74, 6) is -0.984. The van der Waals surface area contributed by atoms with E-state index in [-0.39, 0.29) is 6.42 Å². The minimum absolute atomic E-state index is 0.225. The lowest BCUT2D eigenvalue weighted by Crippen LogP contribution is -2.30. The average Bonchev–Trinajstić information content (AvgIpc) is 2.17. The molecule has 1 unspecified atom stereocenters. The van der Waals surface area contributed by atoms with Gasteiger partial charge in [-0.1, -0.05) is 6.07 Å². The molecule has 16 heavy (non-hydrogen) atoms. The molecule has 1 rings (SSSR count). The van der Waals surface area contributed by atoms with E-state index >= 15 is 0 Å². The fourth-order valence-corrected chi connectivity index (χ4v) is 1.49. The Balaban J connectivity index is 2.36. The lowest BCUT2D eigenvalue weighted by Gasteiger charge is -2.19. The van der Waals surface area contributed by atoms with Gasteiger partial charge >= 0.3 is 5.97 Å². The highest BCUT2D eigenvalue weighted by Crippen LogP contribution is 2.02. The third kappa shape index (κ3) is 4.86. The van der Waals surface area contributed by atoms with Crippen LogP contribution in [0.2, 0.25) is 0 Å². The van der Waals surface area contributed by atoms with Crippen molar-refractivity contribution in [2.45, 2.75) is 19.1 Å². The van der Waals surface area contributed by atoms with Gasteiger partial charge in [0.2, 0.25) is 0 Å². The van der Waals surface area contributed by atoms with Crippen LogP contribution < -0.4 is 0 Å². The molecule has 0 saturated heterocycles. The SMILES string of the molecule is CN(Cc1cccnc1)CC(O)CC(=O)O. The standard InChI is InChI=1S/C11H16N2O3/c1-13(8-10(14)5-11(15)16)7-9-3-2-4-12-6-9/h2-4,6,10,14H,5,7-8H2,1H3,(H,15,16). The van der Waals surface area contributed by atoms with E-state index in [0.29, 0.717) is 13.1 Å². The van der Waals surface area contributed by atoms with Crippen molar-refractivity contribution in [3.63, 3.8) is 0 Å². The summed E-state index contributed by atoms with van der Waals surface area (Å²) in [5.41, 5.74) is 1.03. The molecule has 0 radical (unpaired) electrons. The van der Waals surface area contributed by atoms with Gasteiger partial charge in [0, 0.05) is 25.5 Å². The van der Waals surface area contributed by atoms with Crippen molar-refractivity contribution >= 4 is 5.97 Å². The first-order chi connectivity index (χ1) is 7.58. The van der Waals surface area contributed by atoms with Crippen molar-refractivity contribution < 1.29 is 15.0 Å². The maximum absolute atomic E-state index is 10.4. The number of carbonyl (C=O) groups is 1. The molecule has 0 aromatic carbocycles. The number of nitrogens with zero attached hydrogens (tertiary/aromatic N) is 2.